The molecule has 3 atom stereocenters. The topological polar surface area (TPSA) is 61.8 Å². The molecule has 1 spiro atoms. The van der Waals surface area contributed by atoms with Crippen molar-refractivity contribution < 1.29 is 14.6 Å². The third kappa shape index (κ3) is 2.57. The predicted octanol–water partition coefficient (Wildman–Crippen LogP) is 2.03. The maximum absolute atomic E-state index is 13.3. The number of nitrogens with one attached hydrogen (secondary N) is 1. The van der Waals surface area contributed by atoms with Crippen molar-refractivity contribution >= 4 is 17.2 Å². The van der Waals surface area contributed by atoms with Gasteiger partial charge in [0.05, 0.1) is 23.2 Å². The summed E-state index contributed by atoms with van der Waals surface area (Å²) in [7, 11) is 0. The molecule has 5 heterocycles. The fourth-order valence-electron chi connectivity index (χ4n) is 5.37. The lowest BCUT2D eigenvalue weighted by Crippen LogP contribution is -2.47. The maximum atomic E-state index is 13.3. The van der Waals surface area contributed by atoms with E-state index in [0.717, 1.165) is 69.5 Å². The van der Waals surface area contributed by atoms with Gasteiger partial charge in [0.1, 0.15) is 0 Å². The molecule has 3 fully saturated rings. The Bertz CT molecular complexity index is 668. The molecular weight excluding hydrogens is 336 g/mol. The SMILES string of the molecule is O=C(c1cc2c(s1)CCOC21CCNCC1)N1[C@@H]2CC[C@H]1CC(O)C2. The van der Waals surface area contributed by atoms with Gasteiger partial charge in [-0.15, -0.1) is 11.3 Å². The monoisotopic (exact) mass is 362 g/mol. The molecule has 136 valence electrons. The van der Waals surface area contributed by atoms with Gasteiger partial charge in [-0.25, -0.2) is 0 Å². The molecule has 2 bridgehead atoms. The van der Waals surface area contributed by atoms with Crippen LogP contribution in [0.3, 0.4) is 0 Å². The number of rotatable bonds is 1. The summed E-state index contributed by atoms with van der Waals surface area (Å²) < 4.78 is 6.25. The molecule has 0 aromatic carbocycles. The summed E-state index contributed by atoms with van der Waals surface area (Å²) in [5, 5.41) is 13.4. The van der Waals surface area contributed by atoms with Crippen LogP contribution >= 0.6 is 11.3 Å². The van der Waals surface area contributed by atoms with Gasteiger partial charge in [0.25, 0.3) is 5.91 Å². The van der Waals surface area contributed by atoms with E-state index in [1.165, 1.54) is 10.4 Å². The van der Waals surface area contributed by atoms with Crippen LogP contribution in [0.2, 0.25) is 0 Å². The van der Waals surface area contributed by atoms with Gasteiger partial charge in [-0.1, -0.05) is 0 Å². The number of thiophene rings is 1. The van der Waals surface area contributed by atoms with E-state index < -0.39 is 0 Å². The lowest BCUT2D eigenvalue weighted by molar-refractivity contribution is -0.0792. The average Bonchev–Trinajstić information content (AvgIpc) is 3.16. The molecule has 3 saturated heterocycles. The fourth-order valence-corrected chi connectivity index (χ4v) is 6.55. The number of piperidine rings is 2. The number of fused-ring (bicyclic) bond motifs is 4. The first-order chi connectivity index (χ1) is 12.2. The Morgan fingerprint density at radius 2 is 2.00 bits per heavy atom. The molecular formula is C19H26N2O3S. The van der Waals surface area contributed by atoms with Crippen molar-refractivity contribution in [2.75, 3.05) is 19.7 Å². The highest BCUT2D eigenvalue weighted by atomic mass is 32.1. The van der Waals surface area contributed by atoms with E-state index in [-0.39, 0.29) is 29.7 Å². The van der Waals surface area contributed by atoms with Crippen molar-refractivity contribution in [3.05, 3.63) is 21.4 Å². The van der Waals surface area contributed by atoms with E-state index in [1.54, 1.807) is 11.3 Å². The Balaban J connectivity index is 1.45. The third-order valence-corrected chi connectivity index (χ3v) is 7.75. The summed E-state index contributed by atoms with van der Waals surface area (Å²) >= 11 is 1.68. The second kappa shape index (κ2) is 6.05. The molecule has 2 N–H and O–H groups in total. The zero-order chi connectivity index (χ0) is 17.0. The third-order valence-electron chi connectivity index (χ3n) is 6.57. The number of hydrogen-bond donors (Lipinski definition) is 2. The summed E-state index contributed by atoms with van der Waals surface area (Å²) in [5.41, 5.74) is 1.10. The molecule has 1 aromatic rings. The molecule has 1 unspecified atom stereocenters. The van der Waals surface area contributed by atoms with Crippen LogP contribution < -0.4 is 5.32 Å². The number of aliphatic hydroxyl groups excluding tert-OH is 1. The number of ether oxygens (including phenoxy) is 1. The predicted molar refractivity (Wildman–Crippen MR) is 96.0 cm³/mol. The zero-order valence-electron chi connectivity index (χ0n) is 14.5. The van der Waals surface area contributed by atoms with E-state index in [0.29, 0.717) is 0 Å². The fraction of sp³-hybridized carbons (Fsp3) is 0.737. The molecule has 1 aromatic heterocycles. The molecule has 5 nitrogen and oxygen atoms in total. The van der Waals surface area contributed by atoms with Crippen molar-refractivity contribution in [3.8, 4) is 0 Å². The van der Waals surface area contributed by atoms with Crippen LogP contribution in [-0.4, -0.2) is 53.8 Å². The highest BCUT2D eigenvalue weighted by Crippen LogP contribution is 2.45. The van der Waals surface area contributed by atoms with Crippen molar-refractivity contribution in [3.63, 3.8) is 0 Å². The maximum Gasteiger partial charge on any atom is 0.264 e. The average molecular weight is 362 g/mol. The standard InChI is InChI=1S/C19H26N2O3S/c22-14-9-12-1-2-13(10-14)21(12)18(23)17-11-15-16(25-17)3-8-24-19(15)4-6-20-7-5-19/h11-14,20,22H,1-10H2/t12-,13+,14?. The second-order valence-corrected chi connectivity index (χ2v) is 9.15. The van der Waals surface area contributed by atoms with Crippen LogP contribution in [0.5, 0.6) is 0 Å². The molecule has 0 radical (unpaired) electrons. The number of hydrogen-bond acceptors (Lipinski definition) is 5. The van der Waals surface area contributed by atoms with E-state index in [2.05, 4.69) is 16.3 Å². The lowest BCUT2D eigenvalue weighted by atomic mass is 9.83. The highest BCUT2D eigenvalue weighted by molar-refractivity contribution is 7.14. The van der Waals surface area contributed by atoms with E-state index in [4.69, 9.17) is 4.74 Å². The molecule has 0 aliphatic carbocycles. The van der Waals surface area contributed by atoms with Gasteiger partial charge in [-0.05, 0) is 63.2 Å². The van der Waals surface area contributed by atoms with Crippen LogP contribution in [0.15, 0.2) is 6.07 Å². The Labute approximate surface area is 152 Å². The highest BCUT2D eigenvalue weighted by Gasteiger charge is 2.45. The lowest BCUT2D eigenvalue weighted by Gasteiger charge is -2.40. The van der Waals surface area contributed by atoms with Crippen molar-refractivity contribution in [1.29, 1.82) is 0 Å². The van der Waals surface area contributed by atoms with Crippen LogP contribution in [0, 0.1) is 0 Å². The molecule has 25 heavy (non-hydrogen) atoms. The first kappa shape index (κ1) is 16.2. The minimum atomic E-state index is -0.232. The van der Waals surface area contributed by atoms with Gasteiger partial charge < -0.3 is 20.1 Å². The molecule has 4 aliphatic heterocycles. The summed E-state index contributed by atoms with van der Waals surface area (Å²) in [6.45, 7) is 2.72. The molecule has 0 saturated carbocycles. The second-order valence-electron chi connectivity index (χ2n) is 8.01. The number of amides is 1. The van der Waals surface area contributed by atoms with E-state index >= 15 is 0 Å². The molecule has 6 heteroatoms. The quantitative estimate of drug-likeness (QED) is 0.802. The number of carbonyl (C=O) groups is 1. The number of nitrogens with zero attached hydrogens (tertiary/aromatic N) is 1. The summed E-state index contributed by atoms with van der Waals surface area (Å²) in [4.78, 5) is 17.6. The zero-order valence-corrected chi connectivity index (χ0v) is 15.3. The van der Waals surface area contributed by atoms with Gasteiger partial charge in [-0.3, -0.25) is 4.79 Å². The summed E-state index contributed by atoms with van der Waals surface area (Å²) in [6.07, 6.45) is 6.24. The first-order valence-corrected chi connectivity index (χ1v) is 10.5. The Morgan fingerprint density at radius 3 is 2.72 bits per heavy atom. The van der Waals surface area contributed by atoms with Crippen molar-refractivity contribution in [2.24, 2.45) is 0 Å². The Kier molecular flexibility index (Phi) is 3.93. The van der Waals surface area contributed by atoms with Crippen LogP contribution in [-0.2, 0) is 16.8 Å². The van der Waals surface area contributed by atoms with E-state index in [9.17, 15) is 9.90 Å². The first-order valence-electron chi connectivity index (χ1n) is 9.65. The Hall–Kier alpha value is -0.950. The largest absolute Gasteiger partial charge is 0.393 e. The molecule has 1 amide bonds. The minimum Gasteiger partial charge on any atom is -0.393 e. The smallest absolute Gasteiger partial charge is 0.264 e. The Morgan fingerprint density at radius 1 is 1.28 bits per heavy atom. The van der Waals surface area contributed by atoms with Gasteiger partial charge >= 0.3 is 0 Å². The van der Waals surface area contributed by atoms with Crippen LogP contribution in [0.25, 0.3) is 0 Å². The van der Waals surface area contributed by atoms with Gasteiger partial charge in [0, 0.05) is 23.4 Å². The van der Waals surface area contributed by atoms with Crippen molar-refractivity contribution in [2.45, 2.75) is 68.7 Å². The van der Waals surface area contributed by atoms with Crippen LogP contribution in [0.4, 0.5) is 0 Å². The van der Waals surface area contributed by atoms with E-state index in [1.807, 2.05) is 0 Å². The van der Waals surface area contributed by atoms with Gasteiger partial charge in [-0.2, -0.15) is 0 Å². The van der Waals surface area contributed by atoms with Gasteiger partial charge in [0.15, 0.2) is 0 Å². The van der Waals surface area contributed by atoms with Crippen molar-refractivity contribution in [1.82, 2.24) is 10.2 Å². The molecule has 5 rings (SSSR count). The number of carbonyl (C=O) groups excluding carboxylic acids is 1. The minimum absolute atomic E-state index is 0.176. The van der Waals surface area contributed by atoms with Crippen LogP contribution in [0.1, 0.15) is 58.6 Å². The summed E-state index contributed by atoms with van der Waals surface area (Å²) in [6, 6.07) is 2.59. The number of aliphatic hydroxyl groups is 1. The normalized spacial score (nSPS) is 33.5. The summed E-state index contributed by atoms with van der Waals surface area (Å²) in [5.74, 6) is 0.183. The van der Waals surface area contributed by atoms with Gasteiger partial charge in [0.2, 0.25) is 0 Å². The molecule has 4 aliphatic rings.